The molecule has 0 atom stereocenters. The van der Waals surface area contributed by atoms with E-state index in [0.29, 0.717) is 6.42 Å². The molecule has 4 rings (SSSR count). The average Bonchev–Trinajstić information content (AvgIpc) is 3.05. The van der Waals surface area contributed by atoms with Crippen molar-refractivity contribution in [2.24, 2.45) is 0 Å². The Kier molecular flexibility index (Phi) is 5.77. The highest BCUT2D eigenvalue weighted by Crippen LogP contribution is 2.24. The summed E-state index contributed by atoms with van der Waals surface area (Å²) in [7, 11) is 0. The Morgan fingerprint density at radius 1 is 0.906 bits per heavy atom. The third-order valence-corrected chi connectivity index (χ3v) is 5.72. The average molecular weight is 428 g/mol. The topological polar surface area (TPSA) is 71.4 Å². The molecule has 1 saturated heterocycles. The second kappa shape index (κ2) is 8.67. The Morgan fingerprint density at radius 3 is 2.28 bits per heavy atom. The lowest BCUT2D eigenvalue weighted by molar-refractivity contribution is -0.130. The van der Waals surface area contributed by atoms with E-state index in [4.69, 9.17) is 0 Å². The van der Waals surface area contributed by atoms with Gasteiger partial charge in [0.1, 0.15) is 5.57 Å². The normalized spacial score (nSPS) is 15.4. The molecule has 0 aliphatic carbocycles. The molecular weight excluding hydrogens is 402 g/mol. The van der Waals surface area contributed by atoms with Gasteiger partial charge in [-0.05, 0) is 62.6 Å². The van der Waals surface area contributed by atoms with E-state index >= 15 is 0 Å². The van der Waals surface area contributed by atoms with Gasteiger partial charge in [-0.3, -0.25) is 19.8 Å². The lowest BCUT2D eigenvalue weighted by atomic mass is 10.1. The van der Waals surface area contributed by atoms with E-state index < -0.39 is 17.8 Å². The summed E-state index contributed by atoms with van der Waals surface area (Å²) in [6, 6.07) is 19.0. The van der Waals surface area contributed by atoms with E-state index in [2.05, 4.69) is 9.88 Å². The van der Waals surface area contributed by atoms with Crippen molar-refractivity contribution in [3.05, 3.63) is 94.3 Å². The summed E-state index contributed by atoms with van der Waals surface area (Å²) in [4.78, 5) is 39.0. The largest absolute Gasteiger partial charge is 0.331 e. The first kappa shape index (κ1) is 21.3. The zero-order valence-electron chi connectivity index (χ0n) is 18.4. The van der Waals surface area contributed by atoms with Crippen molar-refractivity contribution in [2.45, 2.75) is 27.2 Å². The Balaban J connectivity index is 1.63. The number of carbonyl (C=O) groups excluding carboxylic acids is 3. The molecule has 1 N–H and O–H groups in total. The quantitative estimate of drug-likeness (QED) is 0.492. The van der Waals surface area contributed by atoms with Crippen molar-refractivity contribution >= 4 is 23.9 Å². The van der Waals surface area contributed by atoms with Crippen LogP contribution >= 0.6 is 0 Å². The number of aryl methyl sites for hydroxylation is 2. The fourth-order valence-corrected chi connectivity index (χ4v) is 3.96. The molecule has 6 heteroatoms. The fourth-order valence-electron chi connectivity index (χ4n) is 3.96. The number of nitrogens with one attached hydrogen (secondary N) is 1. The van der Waals surface area contributed by atoms with E-state index in [1.54, 1.807) is 6.08 Å². The molecule has 0 unspecified atom stereocenters. The van der Waals surface area contributed by atoms with E-state index in [9.17, 15) is 14.4 Å². The van der Waals surface area contributed by atoms with Gasteiger partial charge in [0, 0.05) is 23.6 Å². The molecule has 0 saturated carbocycles. The molecule has 32 heavy (non-hydrogen) atoms. The molecule has 1 aliphatic rings. The number of imide groups is 2. The van der Waals surface area contributed by atoms with Gasteiger partial charge >= 0.3 is 6.03 Å². The smallest absolute Gasteiger partial charge is 0.318 e. The number of barbiturate groups is 1. The van der Waals surface area contributed by atoms with Gasteiger partial charge in [0.05, 0.1) is 0 Å². The number of amides is 4. The van der Waals surface area contributed by atoms with Crippen LogP contribution in [-0.4, -0.2) is 33.9 Å². The summed E-state index contributed by atoms with van der Waals surface area (Å²) in [5.41, 5.74) is 5.81. The Morgan fingerprint density at radius 2 is 1.59 bits per heavy atom. The monoisotopic (exact) mass is 427 g/mol. The molecule has 162 valence electrons. The lowest BCUT2D eigenvalue weighted by Gasteiger charge is -2.26. The predicted molar refractivity (Wildman–Crippen MR) is 123 cm³/mol. The van der Waals surface area contributed by atoms with Crippen LogP contribution in [0, 0.1) is 20.8 Å². The first-order valence-corrected chi connectivity index (χ1v) is 10.5. The van der Waals surface area contributed by atoms with Crippen molar-refractivity contribution < 1.29 is 14.4 Å². The van der Waals surface area contributed by atoms with Gasteiger partial charge in [-0.15, -0.1) is 0 Å². The van der Waals surface area contributed by atoms with E-state index in [1.807, 2.05) is 81.4 Å². The summed E-state index contributed by atoms with van der Waals surface area (Å²) >= 11 is 0. The number of aromatic nitrogens is 1. The van der Waals surface area contributed by atoms with Gasteiger partial charge in [-0.25, -0.2) is 4.79 Å². The maximum Gasteiger partial charge on any atom is 0.331 e. The van der Waals surface area contributed by atoms with E-state index in [0.717, 1.165) is 33.1 Å². The van der Waals surface area contributed by atoms with Crippen LogP contribution in [0.15, 0.2) is 66.2 Å². The first-order chi connectivity index (χ1) is 15.3. The molecule has 1 aromatic heterocycles. The predicted octanol–water partition coefficient (Wildman–Crippen LogP) is 4.11. The SMILES string of the molecule is Cc1ccc(-n2c(C)cc(/C=C3/C(=O)NC(=O)N(CCc4ccccc4)C3=O)c2C)cc1. The molecule has 3 aromatic rings. The van der Waals surface area contributed by atoms with Crippen molar-refractivity contribution in [3.63, 3.8) is 0 Å². The molecule has 6 nitrogen and oxygen atoms in total. The van der Waals surface area contributed by atoms with E-state index in [-0.39, 0.29) is 12.1 Å². The number of urea groups is 1. The molecule has 4 amide bonds. The standard InChI is InChI=1S/C26H25N3O3/c1-17-9-11-22(12-10-17)29-18(2)15-21(19(29)3)16-23-24(30)27-26(32)28(25(23)31)14-13-20-7-5-4-6-8-20/h4-12,15-16H,13-14H2,1-3H3,(H,27,30,32)/b23-16-. The molecule has 0 radical (unpaired) electrons. The van der Waals surface area contributed by atoms with Crippen LogP contribution in [-0.2, 0) is 16.0 Å². The molecular formula is C26H25N3O3. The number of hydrogen-bond acceptors (Lipinski definition) is 3. The van der Waals surface area contributed by atoms with Crippen LogP contribution in [0.3, 0.4) is 0 Å². The van der Waals surface area contributed by atoms with Gasteiger partial charge in [-0.2, -0.15) is 0 Å². The maximum atomic E-state index is 13.1. The minimum absolute atomic E-state index is 0.0400. The van der Waals surface area contributed by atoms with Crippen molar-refractivity contribution in [1.82, 2.24) is 14.8 Å². The van der Waals surface area contributed by atoms with Crippen LogP contribution < -0.4 is 5.32 Å². The summed E-state index contributed by atoms with van der Waals surface area (Å²) in [5.74, 6) is -1.24. The van der Waals surface area contributed by atoms with Crippen molar-refractivity contribution in [1.29, 1.82) is 0 Å². The summed E-state index contributed by atoms with van der Waals surface area (Å²) < 4.78 is 2.08. The second-order valence-corrected chi connectivity index (χ2v) is 8.01. The van der Waals surface area contributed by atoms with Gasteiger partial charge in [0.2, 0.25) is 0 Å². The summed E-state index contributed by atoms with van der Waals surface area (Å²) in [6.45, 7) is 6.16. The van der Waals surface area contributed by atoms with Crippen LogP contribution in [0.2, 0.25) is 0 Å². The molecule has 0 spiro atoms. The van der Waals surface area contributed by atoms with Gasteiger partial charge in [0.25, 0.3) is 11.8 Å². The summed E-state index contributed by atoms with van der Waals surface area (Å²) in [5, 5.41) is 2.30. The van der Waals surface area contributed by atoms with Gasteiger partial charge in [0.15, 0.2) is 0 Å². The minimum Gasteiger partial charge on any atom is -0.318 e. The zero-order valence-corrected chi connectivity index (χ0v) is 18.4. The van der Waals surface area contributed by atoms with Crippen LogP contribution in [0.5, 0.6) is 0 Å². The molecule has 2 heterocycles. The third kappa shape index (κ3) is 4.12. The van der Waals surface area contributed by atoms with Crippen molar-refractivity contribution in [2.75, 3.05) is 6.54 Å². The van der Waals surface area contributed by atoms with Crippen LogP contribution in [0.25, 0.3) is 11.8 Å². The molecule has 0 bridgehead atoms. The number of carbonyl (C=O) groups is 3. The van der Waals surface area contributed by atoms with Gasteiger partial charge < -0.3 is 4.57 Å². The molecule has 1 aliphatic heterocycles. The Labute approximate surface area is 187 Å². The zero-order chi connectivity index (χ0) is 22.8. The fraction of sp³-hybridized carbons (Fsp3) is 0.192. The Hall–Kier alpha value is -3.93. The minimum atomic E-state index is -0.682. The number of nitrogens with zero attached hydrogens (tertiary/aromatic N) is 2. The van der Waals surface area contributed by atoms with Crippen LogP contribution in [0.1, 0.15) is 28.1 Å². The van der Waals surface area contributed by atoms with E-state index in [1.165, 1.54) is 5.56 Å². The Bertz CT molecular complexity index is 1220. The lowest BCUT2D eigenvalue weighted by Crippen LogP contribution is -2.54. The number of benzene rings is 2. The highest BCUT2D eigenvalue weighted by Gasteiger charge is 2.35. The first-order valence-electron chi connectivity index (χ1n) is 10.5. The number of rotatable bonds is 5. The van der Waals surface area contributed by atoms with Crippen LogP contribution in [0.4, 0.5) is 4.79 Å². The second-order valence-electron chi connectivity index (χ2n) is 8.01. The molecule has 2 aromatic carbocycles. The van der Waals surface area contributed by atoms with Crippen molar-refractivity contribution in [3.8, 4) is 5.69 Å². The third-order valence-electron chi connectivity index (χ3n) is 5.72. The highest BCUT2D eigenvalue weighted by atomic mass is 16.2. The summed E-state index contributed by atoms with van der Waals surface area (Å²) in [6.07, 6.45) is 2.09. The van der Waals surface area contributed by atoms with Gasteiger partial charge in [-0.1, -0.05) is 48.0 Å². The number of hydrogen-bond donors (Lipinski definition) is 1. The maximum absolute atomic E-state index is 13.1. The molecule has 1 fully saturated rings. The highest BCUT2D eigenvalue weighted by molar-refractivity contribution is 6.31.